The van der Waals surface area contributed by atoms with E-state index < -0.39 is 6.10 Å². The number of benzene rings is 1. The Morgan fingerprint density at radius 2 is 2.11 bits per heavy atom. The standard InChI is InChI=1S/C22H26N4O2/c1-13-8-16(25-24-13)9-15-11-26(12-21(15)27)22(28)14-6-7-18-17-4-2-3-5-19(17)23-20(18)10-14/h6-8,10,15,21,23,27H,2-5,9,11-12H2,1H3,(H,24,25)/t15-,21-/m1/s1. The number of aromatic nitrogens is 3. The fraction of sp³-hybridized carbons (Fsp3) is 0.455. The summed E-state index contributed by atoms with van der Waals surface area (Å²) in [4.78, 5) is 18.4. The van der Waals surface area contributed by atoms with Gasteiger partial charge in [0.25, 0.3) is 5.91 Å². The molecule has 2 atom stereocenters. The monoisotopic (exact) mass is 378 g/mol. The van der Waals surface area contributed by atoms with Crippen molar-refractivity contribution < 1.29 is 9.90 Å². The first kappa shape index (κ1) is 17.5. The summed E-state index contributed by atoms with van der Waals surface area (Å²) in [6.45, 7) is 2.91. The number of likely N-dealkylation sites (tertiary alicyclic amines) is 1. The molecule has 146 valence electrons. The van der Waals surface area contributed by atoms with Gasteiger partial charge in [-0.1, -0.05) is 6.07 Å². The Hall–Kier alpha value is -2.60. The highest BCUT2D eigenvalue weighted by Crippen LogP contribution is 2.30. The quantitative estimate of drug-likeness (QED) is 0.655. The minimum absolute atomic E-state index is 0.00534. The maximum atomic E-state index is 13.1. The van der Waals surface area contributed by atoms with Gasteiger partial charge in [-0.15, -0.1) is 0 Å². The number of H-pyrrole nitrogens is 2. The van der Waals surface area contributed by atoms with Crippen molar-refractivity contribution in [2.75, 3.05) is 13.1 Å². The molecule has 1 saturated heterocycles. The second-order valence-corrected chi connectivity index (χ2v) is 8.33. The van der Waals surface area contributed by atoms with Crippen LogP contribution in [0.2, 0.25) is 0 Å². The second-order valence-electron chi connectivity index (χ2n) is 8.33. The van der Waals surface area contributed by atoms with Crippen LogP contribution in [0, 0.1) is 12.8 Å². The van der Waals surface area contributed by atoms with Crippen molar-refractivity contribution >= 4 is 16.8 Å². The molecule has 1 fully saturated rings. The first-order chi connectivity index (χ1) is 13.6. The first-order valence-electron chi connectivity index (χ1n) is 10.2. The van der Waals surface area contributed by atoms with Gasteiger partial charge in [-0.25, -0.2) is 0 Å². The number of β-amino-alcohol motifs (C(OH)–C–C–N with tert-alkyl or cyclic N) is 1. The lowest BCUT2D eigenvalue weighted by atomic mass is 9.95. The van der Waals surface area contributed by atoms with Crippen LogP contribution in [0.4, 0.5) is 0 Å². The summed E-state index contributed by atoms with van der Waals surface area (Å²) in [5.41, 5.74) is 6.45. The molecule has 0 saturated carbocycles. The summed E-state index contributed by atoms with van der Waals surface area (Å²) in [7, 11) is 0. The third-order valence-corrected chi connectivity index (χ3v) is 6.27. The van der Waals surface area contributed by atoms with Crippen LogP contribution in [-0.2, 0) is 19.3 Å². The minimum atomic E-state index is -0.512. The van der Waals surface area contributed by atoms with Crippen molar-refractivity contribution in [1.29, 1.82) is 0 Å². The molecule has 3 heterocycles. The molecule has 1 aliphatic heterocycles. The first-order valence-corrected chi connectivity index (χ1v) is 10.2. The zero-order chi connectivity index (χ0) is 19.3. The summed E-state index contributed by atoms with van der Waals surface area (Å²) >= 11 is 0. The Morgan fingerprint density at radius 1 is 1.25 bits per heavy atom. The fourth-order valence-corrected chi connectivity index (χ4v) is 4.80. The van der Waals surface area contributed by atoms with Crippen molar-refractivity contribution in [2.45, 2.75) is 45.1 Å². The number of aliphatic hydroxyl groups excluding tert-OH is 1. The van der Waals surface area contributed by atoms with Gasteiger partial charge in [0.2, 0.25) is 0 Å². The van der Waals surface area contributed by atoms with Crippen LogP contribution >= 0.6 is 0 Å². The van der Waals surface area contributed by atoms with E-state index in [1.165, 1.54) is 29.5 Å². The van der Waals surface area contributed by atoms with Crippen LogP contribution in [0.1, 0.15) is 45.8 Å². The summed E-state index contributed by atoms with van der Waals surface area (Å²) in [5, 5.41) is 18.9. The van der Waals surface area contributed by atoms with Gasteiger partial charge in [0.15, 0.2) is 0 Å². The molecule has 3 N–H and O–H groups in total. The zero-order valence-electron chi connectivity index (χ0n) is 16.2. The molecule has 3 aromatic rings. The molecule has 6 nitrogen and oxygen atoms in total. The Bertz CT molecular complexity index is 1030. The number of aliphatic hydroxyl groups is 1. The number of carbonyl (C=O) groups is 1. The van der Waals surface area contributed by atoms with E-state index in [9.17, 15) is 9.90 Å². The minimum Gasteiger partial charge on any atom is -0.391 e. The Labute approximate surface area is 163 Å². The SMILES string of the molecule is Cc1cc(C[C@@H]2CN(C(=O)c3ccc4c5c([nH]c4c3)CCCC5)C[C@H]2O)n[nH]1. The second kappa shape index (κ2) is 6.78. The van der Waals surface area contributed by atoms with Gasteiger partial charge in [0.05, 0.1) is 11.8 Å². The molecule has 5 rings (SSSR count). The van der Waals surface area contributed by atoms with Gasteiger partial charge < -0.3 is 15.0 Å². The largest absolute Gasteiger partial charge is 0.391 e. The molecule has 28 heavy (non-hydrogen) atoms. The summed E-state index contributed by atoms with van der Waals surface area (Å²) in [6, 6.07) is 7.99. The Kier molecular flexibility index (Phi) is 4.23. The topological polar surface area (TPSA) is 85.0 Å². The smallest absolute Gasteiger partial charge is 0.254 e. The zero-order valence-corrected chi connectivity index (χ0v) is 16.2. The lowest BCUT2D eigenvalue weighted by Gasteiger charge is -2.16. The van der Waals surface area contributed by atoms with E-state index in [4.69, 9.17) is 0 Å². The highest BCUT2D eigenvalue weighted by Gasteiger charge is 2.35. The van der Waals surface area contributed by atoms with Crippen molar-refractivity contribution in [3.63, 3.8) is 0 Å². The molecule has 1 amide bonds. The van der Waals surface area contributed by atoms with Crippen LogP contribution < -0.4 is 0 Å². The highest BCUT2D eigenvalue weighted by atomic mass is 16.3. The predicted octanol–water partition coefficient (Wildman–Crippen LogP) is 2.75. The van der Waals surface area contributed by atoms with Gasteiger partial charge in [-0.3, -0.25) is 9.89 Å². The number of nitrogens with one attached hydrogen (secondary N) is 2. The normalized spacial score (nSPS) is 22.0. The van der Waals surface area contributed by atoms with E-state index >= 15 is 0 Å². The average Bonchev–Trinajstić information content (AvgIpc) is 3.38. The third kappa shape index (κ3) is 3.02. The third-order valence-electron chi connectivity index (χ3n) is 6.27. The van der Waals surface area contributed by atoms with E-state index in [1.807, 2.05) is 25.1 Å². The van der Waals surface area contributed by atoms with E-state index in [0.29, 0.717) is 25.1 Å². The molecule has 1 aromatic carbocycles. The van der Waals surface area contributed by atoms with Crippen LogP contribution in [0.15, 0.2) is 24.3 Å². The lowest BCUT2D eigenvalue weighted by molar-refractivity contribution is 0.0765. The van der Waals surface area contributed by atoms with Crippen molar-refractivity contribution in [3.8, 4) is 0 Å². The number of hydrogen-bond donors (Lipinski definition) is 3. The molecule has 2 aliphatic rings. The molecule has 0 bridgehead atoms. The van der Waals surface area contributed by atoms with Crippen LogP contribution in [0.5, 0.6) is 0 Å². The van der Waals surface area contributed by atoms with E-state index in [-0.39, 0.29) is 11.8 Å². The number of hydrogen-bond acceptors (Lipinski definition) is 3. The Morgan fingerprint density at radius 3 is 2.93 bits per heavy atom. The Balaban J connectivity index is 1.34. The number of fused-ring (bicyclic) bond motifs is 3. The average molecular weight is 378 g/mol. The number of nitrogens with zero attached hydrogens (tertiary/aromatic N) is 2. The molecular weight excluding hydrogens is 352 g/mol. The molecule has 2 aromatic heterocycles. The van der Waals surface area contributed by atoms with Crippen molar-refractivity contribution in [3.05, 3.63) is 52.5 Å². The molecule has 6 heteroatoms. The van der Waals surface area contributed by atoms with Crippen LogP contribution in [0.25, 0.3) is 10.9 Å². The number of aryl methyl sites for hydroxylation is 3. The van der Waals surface area contributed by atoms with E-state index in [0.717, 1.165) is 29.7 Å². The molecule has 1 aliphatic carbocycles. The van der Waals surface area contributed by atoms with Gasteiger partial charge in [0.1, 0.15) is 0 Å². The molecule has 0 radical (unpaired) electrons. The molecule has 0 spiro atoms. The number of rotatable bonds is 3. The highest BCUT2D eigenvalue weighted by molar-refractivity contribution is 5.99. The molecule has 0 unspecified atom stereocenters. The van der Waals surface area contributed by atoms with Crippen molar-refractivity contribution in [1.82, 2.24) is 20.1 Å². The summed E-state index contributed by atoms with van der Waals surface area (Å²) in [5.74, 6) is 0.0161. The maximum absolute atomic E-state index is 13.1. The van der Waals surface area contributed by atoms with E-state index in [2.05, 4.69) is 21.2 Å². The van der Waals surface area contributed by atoms with Gasteiger partial charge in [-0.05, 0) is 62.8 Å². The summed E-state index contributed by atoms with van der Waals surface area (Å²) < 4.78 is 0. The number of carbonyl (C=O) groups excluding carboxylic acids is 1. The van der Waals surface area contributed by atoms with Gasteiger partial charge in [0, 0.05) is 46.9 Å². The van der Waals surface area contributed by atoms with Crippen LogP contribution in [0.3, 0.4) is 0 Å². The lowest BCUT2D eigenvalue weighted by Crippen LogP contribution is -2.29. The number of amides is 1. The maximum Gasteiger partial charge on any atom is 0.254 e. The molecular formula is C22H26N4O2. The van der Waals surface area contributed by atoms with Crippen LogP contribution in [-0.4, -0.2) is 50.3 Å². The van der Waals surface area contributed by atoms with Gasteiger partial charge >= 0.3 is 0 Å². The predicted molar refractivity (Wildman–Crippen MR) is 107 cm³/mol. The summed E-state index contributed by atoms with van der Waals surface area (Å²) in [6.07, 6.45) is 4.85. The van der Waals surface area contributed by atoms with Crippen molar-refractivity contribution in [2.24, 2.45) is 5.92 Å². The van der Waals surface area contributed by atoms with Gasteiger partial charge in [-0.2, -0.15) is 5.10 Å². The fourth-order valence-electron chi connectivity index (χ4n) is 4.80. The van der Waals surface area contributed by atoms with E-state index in [1.54, 1.807) is 4.90 Å². The number of aromatic amines is 2.